The van der Waals surface area contributed by atoms with Crippen LogP contribution >= 0.6 is 11.3 Å². The monoisotopic (exact) mass is 282 g/mol. The van der Waals surface area contributed by atoms with Crippen LogP contribution in [0.2, 0.25) is 0 Å². The van der Waals surface area contributed by atoms with Gasteiger partial charge in [-0.15, -0.1) is 11.3 Å². The number of nitrogens with two attached hydrogens (primary N) is 1. The van der Waals surface area contributed by atoms with Crippen molar-refractivity contribution in [2.45, 2.75) is 12.6 Å². The molecule has 0 spiro atoms. The van der Waals surface area contributed by atoms with Crippen LogP contribution in [0.3, 0.4) is 0 Å². The number of rotatable bonds is 5. The molecular formula is C14H16F2N2S. The number of halogens is 2. The minimum absolute atomic E-state index is 0.261. The molecule has 0 saturated carbocycles. The first-order chi connectivity index (χ1) is 9.11. The molecule has 0 fully saturated rings. The lowest BCUT2D eigenvalue weighted by Crippen LogP contribution is -2.30. The molecule has 1 heterocycles. The fourth-order valence-corrected chi connectivity index (χ4v) is 2.84. The van der Waals surface area contributed by atoms with E-state index in [1.54, 1.807) is 11.3 Å². The van der Waals surface area contributed by atoms with Gasteiger partial charge in [-0.05, 0) is 24.6 Å². The SMILES string of the molecule is CN(Cc1cccs1)C(CN)c1ccc(F)cc1F. The van der Waals surface area contributed by atoms with Crippen molar-refractivity contribution < 1.29 is 8.78 Å². The summed E-state index contributed by atoms with van der Waals surface area (Å²) in [6.45, 7) is 0.973. The predicted octanol–water partition coefficient (Wildman–Crippen LogP) is 3.16. The van der Waals surface area contributed by atoms with Crippen molar-refractivity contribution in [2.24, 2.45) is 5.73 Å². The summed E-state index contributed by atoms with van der Waals surface area (Å²) in [6, 6.07) is 7.37. The van der Waals surface area contributed by atoms with E-state index in [0.29, 0.717) is 12.1 Å². The minimum atomic E-state index is -0.571. The molecule has 1 aromatic heterocycles. The summed E-state index contributed by atoms with van der Waals surface area (Å²) in [5.74, 6) is -1.12. The molecule has 0 radical (unpaired) electrons. The van der Waals surface area contributed by atoms with E-state index in [4.69, 9.17) is 5.73 Å². The van der Waals surface area contributed by atoms with Crippen LogP contribution in [0.4, 0.5) is 8.78 Å². The van der Waals surface area contributed by atoms with E-state index in [-0.39, 0.29) is 12.6 Å². The fraction of sp³-hybridized carbons (Fsp3) is 0.286. The summed E-state index contributed by atoms with van der Waals surface area (Å²) in [7, 11) is 1.89. The second-order valence-corrected chi connectivity index (χ2v) is 5.44. The highest BCUT2D eigenvalue weighted by molar-refractivity contribution is 7.09. The number of benzene rings is 1. The van der Waals surface area contributed by atoms with E-state index in [9.17, 15) is 8.78 Å². The molecule has 1 aromatic carbocycles. The largest absolute Gasteiger partial charge is 0.329 e. The van der Waals surface area contributed by atoms with Gasteiger partial charge in [-0.2, -0.15) is 0 Å². The van der Waals surface area contributed by atoms with Crippen LogP contribution in [0.1, 0.15) is 16.5 Å². The summed E-state index contributed by atoms with van der Waals surface area (Å²) in [6.07, 6.45) is 0. The van der Waals surface area contributed by atoms with Crippen molar-refractivity contribution in [1.82, 2.24) is 4.90 Å². The molecule has 0 aliphatic heterocycles. The van der Waals surface area contributed by atoms with Crippen molar-refractivity contribution in [3.05, 3.63) is 57.8 Å². The average Bonchev–Trinajstić information content (AvgIpc) is 2.85. The second-order valence-electron chi connectivity index (χ2n) is 4.41. The molecular weight excluding hydrogens is 266 g/mol. The van der Waals surface area contributed by atoms with E-state index in [1.165, 1.54) is 17.0 Å². The molecule has 1 unspecified atom stereocenters. The standard InChI is InChI=1S/C14H16F2N2S/c1-18(9-11-3-2-6-19-11)14(8-17)12-5-4-10(15)7-13(12)16/h2-7,14H,8-9,17H2,1H3. The Morgan fingerprint density at radius 2 is 2.11 bits per heavy atom. The molecule has 0 saturated heterocycles. The highest BCUT2D eigenvalue weighted by Crippen LogP contribution is 2.24. The number of likely N-dealkylation sites (N-methyl/N-ethyl adjacent to an activating group) is 1. The zero-order chi connectivity index (χ0) is 13.8. The second kappa shape index (κ2) is 6.23. The third kappa shape index (κ3) is 3.37. The quantitative estimate of drug-likeness (QED) is 0.912. The van der Waals surface area contributed by atoms with Crippen LogP contribution in [0.15, 0.2) is 35.7 Å². The van der Waals surface area contributed by atoms with Crippen LogP contribution in [-0.2, 0) is 6.54 Å². The minimum Gasteiger partial charge on any atom is -0.329 e. The van der Waals surface area contributed by atoms with Gasteiger partial charge in [-0.1, -0.05) is 12.1 Å². The van der Waals surface area contributed by atoms with Crippen molar-refractivity contribution >= 4 is 11.3 Å². The Morgan fingerprint density at radius 3 is 2.68 bits per heavy atom. The average molecular weight is 282 g/mol. The Kier molecular flexibility index (Phi) is 4.63. The fourth-order valence-electron chi connectivity index (χ4n) is 2.07. The molecule has 0 amide bonds. The third-order valence-electron chi connectivity index (χ3n) is 3.06. The number of hydrogen-bond donors (Lipinski definition) is 1. The Labute approximate surface area is 115 Å². The van der Waals surface area contributed by atoms with E-state index in [0.717, 1.165) is 6.07 Å². The number of hydrogen-bond acceptors (Lipinski definition) is 3. The van der Waals surface area contributed by atoms with Gasteiger partial charge >= 0.3 is 0 Å². The van der Waals surface area contributed by atoms with E-state index in [1.807, 2.05) is 29.5 Å². The Bertz CT molecular complexity index is 528. The molecule has 5 heteroatoms. The maximum absolute atomic E-state index is 13.8. The summed E-state index contributed by atoms with van der Waals surface area (Å²) in [5.41, 5.74) is 6.18. The lowest BCUT2D eigenvalue weighted by atomic mass is 10.0. The van der Waals surface area contributed by atoms with Crippen LogP contribution in [0.25, 0.3) is 0 Å². The van der Waals surface area contributed by atoms with Crippen LogP contribution in [-0.4, -0.2) is 18.5 Å². The normalized spacial score (nSPS) is 12.9. The van der Waals surface area contributed by atoms with Gasteiger partial charge in [-0.25, -0.2) is 8.78 Å². The van der Waals surface area contributed by atoms with Crippen molar-refractivity contribution in [3.8, 4) is 0 Å². The Balaban J connectivity index is 2.18. The van der Waals surface area contributed by atoms with Gasteiger partial charge in [0.25, 0.3) is 0 Å². The summed E-state index contributed by atoms with van der Waals surface area (Å²) in [4.78, 5) is 3.16. The number of nitrogens with zero attached hydrogens (tertiary/aromatic N) is 1. The Morgan fingerprint density at radius 1 is 1.32 bits per heavy atom. The van der Waals surface area contributed by atoms with Gasteiger partial charge in [0.2, 0.25) is 0 Å². The van der Waals surface area contributed by atoms with Gasteiger partial charge in [0, 0.05) is 35.6 Å². The van der Waals surface area contributed by atoms with E-state index >= 15 is 0 Å². The third-order valence-corrected chi connectivity index (χ3v) is 3.92. The molecule has 2 aromatic rings. The molecule has 0 aliphatic carbocycles. The van der Waals surface area contributed by atoms with E-state index < -0.39 is 11.6 Å². The highest BCUT2D eigenvalue weighted by Gasteiger charge is 2.19. The molecule has 2 N–H and O–H groups in total. The van der Waals surface area contributed by atoms with Gasteiger partial charge in [0.05, 0.1) is 0 Å². The maximum Gasteiger partial charge on any atom is 0.130 e. The molecule has 0 aliphatic rings. The van der Waals surface area contributed by atoms with Gasteiger partial charge < -0.3 is 5.73 Å². The van der Waals surface area contributed by atoms with Gasteiger partial charge in [-0.3, -0.25) is 4.90 Å². The summed E-state index contributed by atoms with van der Waals surface area (Å²) >= 11 is 1.64. The van der Waals surface area contributed by atoms with Gasteiger partial charge in [0.15, 0.2) is 0 Å². The number of thiophene rings is 1. The zero-order valence-corrected chi connectivity index (χ0v) is 11.5. The molecule has 0 bridgehead atoms. The lowest BCUT2D eigenvalue weighted by Gasteiger charge is -2.27. The maximum atomic E-state index is 13.8. The highest BCUT2D eigenvalue weighted by atomic mass is 32.1. The molecule has 102 valence electrons. The summed E-state index contributed by atoms with van der Waals surface area (Å²) < 4.78 is 26.7. The first-order valence-corrected chi connectivity index (χ1v) is 6.87. The first-order valence-electron chi connectivity index (χ1n) is 5.99. The van der Waals surface area contributed by atoms with Crippen LogP contribution < -0.4 is 5.73 Å². The summed E-state index contributed by atoms with van der Waals surface area (Å²) in [5, 5.41) is 2.00. The molecule has 19 heavy (non-hydrogen) atoms. The smallest absolute Gasteiger partial charge is 0.130 e. The molecule has 1 atom stereocenters. The van der Waals surface area contributed by atoms with Crippen LogP contribution in [0, 0.1) is 11.6 Å². The van der Waals surface area contributed by atoms with Gasteiger partial charge in [0.1, 0.15) is 11.6 Å². The predicted molar refractivity (Wildman–Crippen MR) is 73.9 cm³/mol. The van der Waals surface area contributed by atoms with Crippen molar-refractivity contribution in [3.63, 3.8) is 0 Å². The van der Waals surface area contributed by atoms with Crippen molar-refractivity contribution in [1.29, 1.82) is 0 Å². The molecule has 2 rings (SSSR count). The Hall–Kier alpha value is -1.30. The topological polar surface area (TPSA) is 29.3 Å². The van der Waals surface area contributed by atoms with E-state index in [2.05, 4.69) is 0 Å². The lowest BCUT2D eigenvalue weighted by molar-refractivity contribution is 0.238. The van der Waals surface area contributed by atoms with Crippen molar-refractivity contribution in [2.75, 3.05) is 13.6 Å². The zero-order valence-electron chi connectivity index (χ0n) is 10.6. The van der Waals surface area contributed by atoms with Crippen LogP contribution in [0.5, 0.6) is 0 Å². The molecule has 2 nitrogen and oxygen atoms in total. The first kappa shape index (κ1) is 14.1.